The van der Waals surface area contributed by atoms with Crippen LogP contribution in [-0.4, -0.2) is 38.7 Å². The van der Waals surface area contributed by atoms with E-state index in [1.807, 2.05) is 0 Å². The van der Waals surface area contributed by atoms with Crippen LogP contribution in [0.4, 0.5) is 9.80 Å². The molecule has 0 radical (unpaired) electrons. The summed E-state index contributed by atoms with van der Waals surface area (Å²) in [7, 11) is -3.31. The van der Waals surface area contributed by atoms with Gasteiger partial charge in [-0.2, -0.15) is 0 Å². The van der Waals surface area contributed by atoms with Gasteiger partial charge in [-0.05, 0) is 55.4 Å². The third-order valence-corrected chi connectivity index (χ3v) is 8.43. The van der Waals surface area contributed by atoms with Gasteiger partial charge in [0.25, 0.3) is 5.91 Å². The number of carbonyl (C=O) groups is 3. The molecule has 1 aliphatic carbocycles. The summed E-state index contributed by atoms with van der Waals surface area (Å²) in [6, 6.07) is 6.20. The molecule has 1 aromatic heterocycles. The molecule has 1 aromatic carbocycles. The van der Waals surface area contributed by atoms with Crippen LogP contribution < -0.4 is 10.6 Å². The van der Waals surface area contributed by atoms with Crippen LogP contribution in [0.5, 0.6) is 0 Å². The summed E-state index contributed by atoms with van der Waals surface area (Å²) >= 11 is 1.36. The summed E-state index contributed by atoms with van der Waals surface area (Å²) < 4.78 is 28.7. The van der Waals surface area contributed by atoms with Gasteiger partial charge in [-0.1, -0.05) is 26.0 Å². The van der Waals surface area contributed by atoms with Crippen molar-refractivity contribution in [1.29, 1.82) is 0 Å². The lowest BCUT2D eigenvalue weighted by molar-refractivity contribution is -0.115. The molecule has 1 unspecified atom stereocenters. The highest BCUT2D eigenvalue weighted by Crippen LogP contribution is 2.39. The number of benzene rings is 1. The second kappa shape index (κ2) is 10.5. The molecule has 1 atom stereocenters. The van der Waals surface area contributed by atoms with E-state index in [0.29, 0.717) is 28.5 Å². The Hall–Kier alpha value is -2.72. The first kappa shape index (κ1) is 24.9. The second-order valence-corrected chi connectivity index (χ2v) is 11.4. The molecule has 0 fully saturated rings. The Kier molecular flexibility index (Phi) is 7.91. The predicted molar refractivity (Wildman–Crippen MR) is 126 cm³/mol. The number of thiophene rings is 1. The molecule has 0 bridgehead atoms. The number of sulfone groups is 1. The summed E-state index contributed by atoms with van der Waals surface area (Å²) in [5.41, 5.74) is 1.83. The normalized spacial score (nSPS) is 15.4. The third kappa shape index (κ3) is 6.00. The van der Waals surface area contributed by atoms with Gasteiger partial charge in [0, 0.05) is 4.88 Å². The van der Waals surface area contributed by atoms with Crippen LogP contribution in [0.25, 0.3) is 0 Å². The van der Waals surface area contributed by atoms with Crippen LogP contribution in [0.2, 0.25) is 0 Å². The van der Waals surface area contributed by atoms with Crippen molar-refractivity contribution in [2.75, 3.05) is 17.7 Å². The standard InChI is InChI=1S/C23H28N2O6S2/c1-4-31-23(28)25-21(27)20-17-11-6-14(3)12-18(17)32-22(20)24-19(26)13-15-7-9-16(10-8-15)33(29,30)5-2/h7-10,14H,4-6,11-13H2,1-3H3,(H,24,26)(H,25,27,28). The third-order valence-electron chi connectivity index (χ3n) is 5.51. The minimum Gasteiger partial charge on any atom is -0.450 e. The van der Waals surface area contributed by atoms with E-state index >= 15 is 0 Å². The van der Waals surface area contributed by atoms with Crippen molar-refractivity contribution in [3.63, 3.8) is 0 Å². The van der Waals surface area contributed by atoms with Crippen molar-refractivity contribution in [2.24, 2.45) is 5.92 Å². The Morgan fingerprint density at radius 2 is 1.85 bits per heavy atom. The summed E-state index contributed by atoms with van der Waals surface area (Å²) in [6.07, 6.45) is 1.62. The van der Waals surface area contributed by atoms with Gasteiger partial charge >= 0.3 is 6.09 Å². The molecular weight excluding hydrogens is 464 g/mol. The molecule has 2 N–H and O–H groups in total. The molecule has 178 valence electrons. The van der Waals surface area contributed by atoms with Crippen LogP contribution >= 0.6 is 11.3 Å². The van der Waals surface area contributed by atoms with E-state index in [1.54, 1.807) is 26.0 Å². The molecule has 3 rings (SSSR count). The number of carbonyl (C=O) groups excluding carboxylic acids is 3. The lowest BCUT2D eigenvalue weighted by atomic mass is 9.88. The number of fused-ring (bicyclic) bond motifs is 1. The van der Waals surface area contributed by atoms with Gasteiger partial charge in [-0.15, -0.1) is 11.3 Å². The van der Waals surface area contributed by atoms with E-state index < -0.39 is 21.8 Å². The number of nitrogens with one attached hydrogen (secondary N) is 2. The van der Waals surface area contributed by atoms with E-state index in [4.69, 9.17) is 4.74 Å². The fourth-order valence-corrected chi connectivity index (χ4v) is 6.05. The van der Waals surface area contributed by atoms with E-state index in [-0.39, 0.29) is 29.6 Å². The second-order valence-electron chi connectivity index (χ2n) is 8.00. The topological polar surface area (TPSA) is 119 Å². The molecule has 10 heteroatoms. The number of anilines is 1. The number of ether oxygens (including phenoxy) is 1. The molecule has 8 nitrogen and oxygen atoms in total. The fraction of sp³-hybridized carbons (Fsp3) is 0.435. The smallest absolute Gasteiger partial charge is 0.414 e. The Labute approximate surface area is 197 Å². The number of hydrogen-bond acceptors (Lipinski definition) is 7. The molecule has 0 aliphatic heterocycles. The van der Waals surface area contributed by atoms with Gasteiger partial charge in [-0.25, -0.2) is 13.2 Å². The molecule has 33 heavy (non-hydrogen) atoms. The van der Waals surface area contributed by atoms with Gasteiger partial charge in [0.2, 0.25) is 5.91 Å². The first-order chi connectivity index (χ1) is 15.6. The Morgan fingerprint density at radius 3 is 2.48 bits per heavy atom. The van der Waals surface area contributed by atoms with Crippen molar-refractivity contribution in [3.8, 4) is 0 Å². The Balaban J connectivity index is 1.80. The number of amides is 3. The minimum atomic E-state index is -3.31. The first-order valence-corrected chi connectivity index (χ1v) is 13.4. The highest BCUT2D eigenvalue weighted by atomic mass is 32.2. The molecule has 1 aliphatic rings. The number of rotatable bonds is 7. The highest BCUT2D eigenvalue weighted by Gasteiger charge is 2.29. The quantitative estimate of drug-likeness (QED) is 0.608. The van der Waals surface area contributed by atoms with Gasteiger partial charge in [0.15, 0.2) is 9.84 Å². The van der Waals surface area contributed by atoms with Gasteiger partial charge in [-0.3, -0.25) is 14.9 Å². The van der Waals surface area contributed by atoms with E-state index in [0.717, 1.165) is 23.3 Å². The molecular formula is C23H28N2O6S2. The molecule has 0 saturated carbocycles. The van der Waals surface area contributed by atoms with E-state index in [2.05, 4.69) is 17.6 Å². The molecule has 2 aromatic rings. The highest BCUT2D eigenvalue weighted by molar-refractivity contribution is 7.91. The van der Waals surface area contributed by atoms with Crippen molar-refractivity contribution < 1.29 is 27.5 Å². The predicted octanol–water partition coefficient (Wildman–Crippen LogP) is 3.73. The average molecular weight is 493 g/mol. The van der Waals surface area contributed by atoms with Gasteiger partial charge < -0.3 is 10.1 Å². The van der Waals surface area contributed by atoms with E-state index in [1.165, 1.54) is 23.5 Å². The van der Waals surface area contributed by atoms with Crippen LogP contribution in [0, 0.1) is 5.92 Å². The maximum atomic E-state index is 12.9. The largest absolute Gasteiger partial charge is 0.450 e. The first-order valence-electron chi connectivity index (χ1n) is 10.9. The lowest BCUT2D eigenvalue weighted by Crippen LogP contribution is -2.32. The average Bonchev–Trinajstić information content (AvgIpc) is 3.10. The Bertz CT molecular complexity index is 1150. The van der Waals surface area contributed by atoms with Crippen LogP contribution in [-0.2, 0) is 38.6 Å². The zero-order valence-corrected chi connectivity index (χ0v) is 20.5. The van der Waals surface area contributed by atoms with Crippen molar-refractivity contribution in [3.05, 3.63) is 45.8 Å². The van der Waals surface area contributed by atoms with Gasteiger partial charge in [0.1, 0.15) is 5.00 Å². The number of alkyl carbamates (subject to hydrolysis) is 1. The van der Waals surface area contributed by atoms with Gasteiger partial charge in [0.05, 0.1) is 29.2 Å². The fourth-order valence-electron chi connectivity index (χ4n) is 3.74. The van der Waals surface area contributed by atoms with Crippen molar-refractivity contribution in [2.45, 2.75) is 51.3 Å². The van der Waals surface area contributed by atoms with Crippen molar-refractivity contribution >= 4 is 44.1 Å². The minimum absolute atomic E-state index is 0.00509. The molecule has 0 saturated heterocycles. The molecule has 3 amide bonds. The summed E-state index contributed by atoms with van der Waals surface area (Å²) in [6.45, 7) is 5.50. The molecule has 0 spiro atoms. The van der Waals surface area contributed by atoms with Crippen LogP contribution in [0.1, 0.15) is 53.6 Å². The lowest BCUT2D eigenvalue weighted by Gasteiger charge is -2.18. The SMILES string of the molecule is CCOC(=O)NC(=O)c1c(NC(=O)Cc2ccc(S(=O)(=O)CC)cc2)sc2c1CCC(C)C2. The summed E-state index contributed by atoms with van der Waals surface area (Å²) in [5.74, 6) is -0.452. The zero-order chi connectivity index (χ0) is 24.2. The maximum Gasteiger partial charge on any atom is 0.414 e. The maximum absolute atomic E-state index is 12.9. The number of hydrogen-bond donors (Lipinski definition) is 2. The summed E-state index contributed by atoms with van der Waals surface area (Å²) in [5, 5.41) is 5.46. The Morgan fingerprint density at radius 1 is 1.15 bits per heavy atom. The number of imide groups is 1. The molecule has 1 heterocycles. The zero-order valence-electron chi connectivity index (χ0n) is 18.9. The monoisotopic (exact) mass is 492 g/mol. The van der Waals surface area contributed by atoms with Crippen molar-refractivity contribution in [1.82, 2.24) is 5.32 Å². The van der Waals surface area contributed by atoms with Crippen LogP contribution in [0.15, 0.2) is 29.2 Å². The van der Waals surface area contributed by atoms with E-state index in [9.17, 15) is 22.8 Å². The van der Waals surface area contributed by atoms with Crippen LogP contribution in [0.3, 0.4) is 0 Å². The summed E-state index contributed by atoms with van der Waals surface area (Å²) in [4.78, 5) is 38.6.